The van der Waals surface area contributed by atoms with Crippen LogP contribution in [-0.4, -0.2) is 10.4 Å². The van der Waals surface area contributed by atoms with Crippen LogP contribution in [0.4, 0.5) is 0 Å². The Morgan fingerprint density at radius 1 is 1.11 bits per heavy atom. The van der Waals surface area contributed by atoms with E-state index in [1.165, 1.54) is 12.8 Å². The first-order valence-corrected chi connectivity index (χ1v) is 7.92. The summed E-state index contributed by atoms with van der Waals surface area (Å²) in [6.07, 6.45) is 2.64. The lowest BCUT2D eigenvalue weighted by atomic mass is 9.93. The first-order chi connectivity index (χ1) is 8.50. The van der Waals surface area contributed by atoms with Gasteiger partial charge in [0.15, 0.2) is 0 Å². The van der Waals surface area contributed by atoms with Crippen molar-refractivity contribution in [2.24, 2.45) is 5.92 Å². The summed E-state index contributed by atoms with van der Waals surface area (Å²) in [5.41, 5.74) is 2.24. The molecule has 2 unspecified atom stereocenters. The highest BCUT2D eigenvalue weighted by Gasteiger charge is 2.31. The topological polar surface area (TPSA) is 20.2 Å². The molecule has 1 N–H and O–H groups in total. The van der Waals surface area contributed by atoms with E-state index in [4.69, 9.17) is 0 Å². The second kappa shape index (κ2) is 5.56. The van der Waals surface area contributed by atoms with E-state index in [-0.39, 0.29) is 0 Å². The van der Waals surface area contributed by atoms with Crippen LogP contribution >= 0.6 is 11.8 Å². The van der Waals surface area contributed by atoms with E-state index in [9.17, 15) is 5.11 Å². The van der Waals surface area contributed by atoms with Crippen LogP contribution < -0.4 is 0 Å². The largest absolute Gasteiger partial charge is 0.507 e. The Morgan fingerprint density at radius 2 is 1.72 bits per heavy atom. The van der Waals surface area contributed by atoms with Crippen molar-refractivity contribution < 1.29 is 5.11 Å². The van der Waals surface area contributed by atoms with Gasteiger partial charge in [0.05, 0.1) is 0 Å². The van der Waals surface area contributed by atoms with E-state index in [0.717, 1.165) is 17.0 Å². The average molecular weight is 264 g/mol. The van der Waals surface area contributed by atoms with Crippen LogP contribution in [0.1, 0.15) is 62.8 Å². The maximum atomic E-state index is 10.5. The smallest absolute Gasteiger partial charge is 0.123 e. The monoisotopic (exact) mass is 264 g/mol. The lowest BCUT2D eigenvalue weighted by Gasteiger charge is -2.20. The lowest BCUT2D eigenvalue weighted by Crippen LogP contribution is -2.01. The predicted octanol–water partition coefficient (Wildman–Crippen LogP) is 5.11. The number of thioether (sulfide) groups is 1. The summed E-state index contributed by atoms with van der Waals surface area (Å²) in [6.45, 7) is 8.84. The fraction of sp³-hybridized carbons (Fsp3) is 0.625. The molecule has 0 aliphatic heterocycles. The molecule has 100 valence electrons. The van der Waals surface area contributed by atoms with Gasteiger partial charge in [-0.2, -0.15) is 11.8 Å². The summed E-state index contributed by atoms with van der Waals surface area (Å²) >= 11 is 1.91. The van der Waals surface area contributed by atoms with Crippen molar-refractivity contribution in [1.29, 1.82) is 0 Å². The highest BCUT2D eigenvalue weighted by atomic mass is 32.2. The number of hydrogen-bond donors (Lipinski definition) is 1. The van der Waals surface area contributed by atoms with Crippen LogP contribution in [0.2, 0.25) is 0 Å². The molecule has 1 aromatic carbocycles. The van der Waals surface area contributed by atoms with Crippen molar-refractivity contribution in [3.05, 3.63) is 29.3 Å². The lowest BCUT2D eigenvalue weighted by molar-refractivity contribution is 0.452. The van der Waals surface area contributed by atoms with Gasteiger partial charge in [0.25, 0.3) is 0 Å². The zero-order chi connectivity index (χ0) is 13.3. The Kier molecular flexibility index (Phi) is 4.26. The molecule has 1 aliphatic carbocycles. The van der Waals surface area contributed by atoms with Crippen LogP contribution in [0, 0.1) is 5.92 Å². The Bertz CT molecular complexity index is 410. The van der Waals surface area contributed by atoms with Gasteiger partial charge in [0, 0.05) is 10.8 Å². The molecule has 0 spiro atoms. The van der Waals surface area contributed by atoms with E-state index < -0.39 is 0 Å². The van der Waals surface area contributed by atoms with Crippen molar-refractivity contribution >= 4 is 11.8 Å². The van der Waals surface area contributed by atoms with Gasteiger partial charge in [-0.3, -0.25) is 0 Å². The molecule has 1 fully saturated rings. The molecule has 2 heteroatoms. The van der Waals surface area contributed by atoms with Crippen molar-refractivity contribution in [2.45, 2.75) is 57.0 Å². The standard InChI is InChI=1S/C16H24OS/c1-10(2)18-12(4)15-7-5-6-14(16(15)17)11(3)13-8-9-13/h5-7,10-13,17H,8-9H2,1-4H3. The van der Waals surface area contributed by atoms with Gasteiger partial charge in [-0.05, 0) is 42.4 Å². The van der Waals surface area contributed by atoms with E-state index in [1.54, 1.807) is 0 Å². The minimum absolute atomic E-state index is 0.358. The van der Waals surface area contributed by atoms with Crippen molar-refractivity contribution in [2.75, 3.05) is 0 Å². The van der Waals surface area contributed by atoms with Gasteiger partial charge in [-0.15, -0.1) is 0 Å². The summed E-state index contributed by atoms with van der Waals surface area (Å²) in [5.74, 6) is 1.83. The molecule has 0 amide bonds. The third-order valence-corrected chi connectivity index (χ3v) is 5.04. The zero-order valence-corrected chi connectivity index (χ0v) is 12.6. The SMILES string of the molecule is CC(C)SC(C)c1cccc(C(C)C2CC2)c1O. The van der Waals surface area contributed by atoms with Gasteiger partial charge in [-0.25, -0.2) is 0 Å². The van der Waals surface area contributed by atoms with Crippen molar-refractivity contribution in [3.8, 4) is 5.75 Å². The molecule has 2 rings (SSSR count). The summed E-state index contributed by atoms with van der Waals surface area (Å²) < 4.78 is 0. The number of para-hydroxylation sites is 1. The number of rotatable bonds is 5. The molecule has 1 aromatic rings. The van der Waals surface area contributed by atoms with E-state index >= 15 is 0 Å². The minimum Gasteiger partial charge on any atom is -0.507 e. The summed E-state index contributed by atoms with van der Waals surface area (Å²) in [6, 6.07) is 6.26. The average Bonchev–Trinajstić information content (AvgIpc) is 3.11. The quantitative estimate of drug-likeness (QED) is 0.797. The number of aromatic hydroxyl groups is 1. The Balaban J connectivity index is 2.23. The van der Waals surface area contributed by atoms with Crippen LogP contribution in [0.5, 0.6) is 5.75 Å². The van der Waals surface area contributed by atoms with Gasteiger partial charge >= 0.3 is 0 Å². The van der Waals surface area contributed by atoms with Crippen LogP contribution in [0.3, 0.4) is 0 Å². The Labute approximate surface area is 115 Å². The van der Waals surface area contributed by atoms with Gasteiger partial charge in [0.2, 0.25) is 0 Å². The molecule has 0 heterocycles. The third-order valence-electron chi connectivity index (χ3n) is 3.83. The molecule has 1 nitrogen and oxygen atoms in total. The summed E-state index contributed by atoms with van der Waals surface area (Å²) in [4.78, 5) is 0. The molecular weight excluding hydrogens is 240 g/mol. The number of phenols is 1. The molecule has 18 heavy (non-hydrogen) atoms. The van der Waals surface area contributed by atoms with Gasteiger partial charge in [0.1, 0.15) is 5.75 Å². The molecular formula is C16H24OS. The van der Waals surface area contributed by atoms with Crippen LogP contribution in [-0.2, 0) is 0 Å². The molecule has 1 aliphatic rings. The maximum Gasteiger partial charge on any atom is 0.123 e. The minimum atomic E-state index is 0.358. The first-order valence-electron chi connectivity index (χ1n) is 6.98. The maximum absolute atomic E-state index is 10.5. The number of phenolic OH excluding ortho intramolecular Hbond substituents is 1. The number of benzene rings is 1. The van der Waals surface area contributed by atoms with E-state index in [0.29, 0.717) is 22.2 Å². The normalized spacial score (nSPS) is 18.9. The second-order valence-corrected chi connectivity index (χ2v) is 7.66. The molecule has 0 saturated heterocycles. The van der Waals surface area contributed by atoms with E-state index in [1.807, 2.05) is 11.8 Å². The fourth-order valence-electron chi connectivity index (χ4n) is 2.61. The highest BCUT2D eigenvalue weighted by molar-refractivity contribution is 8.00. The van der Waals surface area contributed by atoms with Crippen LogP contribution in [0.25, 0.3) is 0 Å². The van der Waals surface area contributed by atoms with Crippen molar-refractivity contribution in [1.82, 2.24) is 0 Å². The third kappa shape index (κ3) is 3.03. The molecule has 0 aromatic heterocycles. The summed E-state index contributed by atoms with van der Waals surface area (Å²) in [7, 11) is 0. The van der Waals surface area contributed by atoms with Crippen LogP contribution in [0.15, 0.2) is 18.2 Å². The second-order valence-electron chi connectivity index (χ2n) is 5.74. The predicted molar refractivity (Wildman–Crippen MR) is 80.4 cm³/mol. The highest BCUT2D eigenvalue weighted by Crippen LogP contribution is 2.47. The molecule has 2 atom stereocenters. The van der Waals surface area contributed by atoms with Crippen molar-refractivity contribution in [3.63, 3.8) is 0 Å². The van der Waals surface area contributed by atoms with Gasteiger partial charge < -0.3 is 5.11 Å². The Hall–Kier alpha value is -0.630. The molecule has 0 bridgehead atoms. The Morgan fingerprint density at radius 3 is 2.28 bits per heavy atom. The first kappa shape index (κ1) is 13.8. The zero-order valence-electron chi connectivity index (χ0n) is 11.8. The molecule has 1 saturated carbocycles. The van der Waals surface area contributed by atoms with E-state index in [2.05, 4.69) is 45.9 Å². The molecule has 0 radical (unpaired) electrons. The number of hydrogen-bond acceptors (Lipinski definition) is 2. The van der Waals surface area contributed by atoms with Gasteiger partial charge in [-0.1, -0.05) is 39.0 Å². The summed E-state index contributed by atoms with van der Waals surface area (Å²) in [5, 5.41) is 11.5. The fourth-order valence-corrected chi connectivity index (χ4v) is 3.76.